The minimum atomic E-state index is -2.12. The van der Waals surface area contributed by atoms with Gasteiger partial charge < -0.3 is 56.7 Å². The molecule has 3 aliphatic heterocycles. The molecule has 2 aromatic carbocycles. The highest BCUT2D eigenvalue weighted by Gasteiger charge is 2.46. The molecule has 8 rings (SSSR count). The fourth-order valence-electron chi connectivity index (χ4n) is 10.5. The van der Waals surface area contributed by atoms with Crippen molar-refractivity contribution in [3.63, 3.8) is 0 Å². The highest BCUT2D eigenvalue weighted by atomic mass is 19.1. The quantitative estimate of drug-likeness (QED) is 0.0205. The molecule has 4 aliphatic rings. The van der Waals surface area contributed by atoms with Crippen LogP contribution in [0, 0.1) is 12.7 Å². The molecule has 4 atom stereocenters. The minimum absolute atomic E-state index is 0.0353. The number of carboxylic acid groups (broad SMARTS) is 1. The summed E-state index contributed by atoms with van der Waals surface area (Å²) in [5.41, 5.74) is 0.831. The van der Waals surface area contributed by atoms with Crippen LogP contribution >= 0.6 is 0 Å². The maximum absolute atomic E-state index is 15.5. The summed E-state index contributed by atoms with van der Waals surface area (Å²) in [6.45, 7) is 0.559. The normalized spacial score (nSPS) is 17.1. The zero-order valence-electron chi connectivity index (χ0n) is 44.9. The molecular weight excluding hydrogens is 1070 g/mol. The van der Waals surface area contributed by atoms with Crippen LogP contribution in [0.1, 0.15) is 103 Å². The second-order valence-corrected chi connectivity index (χ2v) is 20.3. The van der Waals surface area contributed by atoms with E-state index in [1.54, 1.807) is 44.2 Å². The summed E-state index contributed by atoms with van der Waals surface area (Å²) in [6.07, 6.45) is 3.35. The van der Waals surface area contributed by atoms with Gasteiger partial charge in [0.15, 0.2) is 5.60 Å². The van der Waals surface area contributed by atoms with Crippen LogP contribution in [-0.2, 0) is 89.1 Å². The van der Waals surface area contributed by atoms with Crippen LogP contribution in [0.5, 0.6) is 0 Å². The summed E-state index contributed by atoms with van der Waals surface area (Å²) in [4.78, 5) is 160. The van der Waals surface area contributed by atoms with Crippen molar-refractivity contribution < 1.29 is 72.1 Å². The third kappa shape index (κ3) is 13.2. The van der Waals surface area contributed by atoms with E-state index in [1.807, 2.05) is 0 Å². The number of cyclic esters (lactones) is 1. The standard InChI is InChI=1S/C56H61FN10O15/c1-3-56(81)34-21-40-51-32(27-67(40)54(79)33(34)28-82-55(56)80)50-36(14-13-31-29(2)35(57)22-38(64-51)49(31)50)65-53(78)37(15-18-48(75)76)62-44(71)25-60-43(70)24-61-52(77)39(20-30-10-6-4-7-11-30)63-45(72)26-59-42(69)23-58-41(68)12-8-5-9-19-66-46(73)16-17-47(66)74/h4,6-7,10-11,16-17,21-22,36-37,39,81H,3,5,8-9,12-15,18-20,23-28H2,1-2H3,(H,58,68)(H,59,69)(H,60,70)(H,61,77)(H,62,71)(H,63,72)(H,65,78)(H,75,76)/t36-,37-,39-,56-/m0/s1. The van der Waals surface area contributed by atoms with Crippen molar-refractivity contribution in [2.75, 3.05) is 32.7 Å². The first kappa shape index (κ1) is 58.9. The lowest BCUT2D eigenvalue weighted by molar-refractivity contribution is -0.172. The van der Waals surface area contributed by atoms with E-state index >= 15 is 4.39 Å². The second-order valence-electron chi connectivity index (χ2n) is 20.3. The number of carbonyl (C=O) groups excluding carboxylic acids is 10. The van der Waals surface area contributed by atoms with Crippen LogP contribution in [0.3, 0.4) is 0 Å². The number of amides is 9. The lowest BCUT2D eigenvalue weighted by Crippen LogP contribution is -2.53. The molecule has 0 fully saturated rings. The summed E-state index contributed by atoms with van der Waals surface area (Å²) in [5.74, 6) is -8.76. The van der Waals surface area contributed by atoms with Gasteiger partial charge in [0.25, 0.3) is 17.4 Å². The molecular formula is C56H61FN10O15. The van der Waals surface area contributed by atoms with Crippen molar-refractivity contribution in [1.29, 1.82) is 0 Å². The minimum Gasteiger partial charge on any atom is -0.481 e. The van der Waals surface area contributed by atoms with E-state index in [9.17, 15) is 67.7 Å². The van der Waals surface area contributed by atoms with Crippen LogP contribution in [-0.4, -0.2) is 135 Å². The lowest BCUT2D eigenvalue weighted by atomic mass is 9.81. The number of carbonyl (C=O) groups is 11. The molecule has 25 nitrogen and oxygen atoms in total. The van der Waals surface area contributed by atoms with Gasteiger partial charge in [-0.1, -0.05) is 43.7 Å². The molecule has 26 heteroatoms. The fraction of sp³-hybridized carbons (Fsp3) is 0.411. The van der Waals surface area contributed by atoms with Gasteiger partial charge in [0.05, 0.1) is 61.2 Å². The van der Waals surface area contributed by atoms with Crippen LogP contribution < -0.4 is 42.8 Å². The summed E-state index contributed by atoms with van der Waals surface area (Å²) < 4.78 is 22.1. The van der Waals surface area contributed by atoms with Crippen LogP contribution in [0.15, 0.2) is 59.4 Å². The van der Waals surface area contributed by atoms with E-state index in [1.165, 1.54) is 28.9 Å². The van der Waals surface area contributed by atoms with Gasteiger partial charge in [0, 0.05) is 60.5 Å². The number of hydrogen-bond acceptors (Lipinski definition) is 15. The second kappa shape index (κ2) is 25.5. The predicted molar refractivity (Wildman–Crippen MR) is 286 cm³/mol. The van der Waals surface area contributed by atoms with Gasteiger partial charge in [-0.15, -0.1) is 0 Å². The molecule has 0 saturated heterocycles. The molecule has 4 aromatic rings. The number of esters is 1. The molecule has 0 unspecified atom stereocenters. The number of halogens is 1. The number of pyridine rings is 2. The molecule has 2 aromatic heterocycles. The van der Waals surface area contributed by atoms with Gasteiger partial charge in [0.1, 0.15) is 24.5 Å². The number of unbranched alkanes of at least 4 members (excludes halogenated alkanes) is 2. The number of aromatic nitrogens is 2. The molecule has 0 spiro atoms. The number of benzene rings is 2. The number of imide groups is 1. The summed E-state index contributed by atoms with van der Waals surface area (Å²) in [6, 6.07) is 7.75. The summed E-state index contributed by atoms with van der Waals surface area (Å²) in [5, 5.41) is 39.1. The van der Waals surface area contributed by atoms with Gasteiger partial charge in [-0.2, -0.15) is 0 Å². The zero-order valence-corrected chi connectivity index (χ0v) is 44.9. The Balaban J connectivity index is 0.855. The molecule has 82 heavy (non-hydrogen) atoms. The van der Waals surface area contributed by atoms with Crippen molar-refractivity contribution in [2.24, 2.45) is 0 Å². The maximum Gasteiger partial charge on any atom is 0.343 e. The van der Waals surface area contributed by atoms with Gasteiger partial charge in [-0.05, 0) is 73.8 Å². The Morgan fingerprint density at radius 1 is 0.780 bits per heavy atom. The van der Waals surface area contributed by atoms with Gasteiger partial charge in [-0.25, -0.2) is 14.2 Å². The zero-order chi connectivity index (χ0) is 59.0. The molecule has 1 aliphatic carbocycles. The Labute approximate surface area is 467 Å². The first-order chi connectivity index (χ1) is 39.2. The number of hydrogen-bond donors (Lipinski definition) is 9. The highest BCUT2D eigenvalue weighted by Crippen LogP contribution is 2.46. The van der Waals surface area contributed by atoms with Crippen LogP contribution in [0.2, 0.25) is 0 Å². The van der Waals surface area contributed by atoms with E-state index < -0.39 is 121 Å². The molecule has 432 valence electrons. The Bertz CT molecular complexity index is 3380. The van der Waals surface area contributed by atoms with E-state index in [2.05, 4.69) is 37.2 Å². The molecule has 5 heterocycles. The lowest BCUT2D eigenvalue weighted by Gasteiger charge is -2.31. The van der Waals surface area contributed by atoms with E-state index in [0.717, 1.165) is 4.90 Å². The van der Waals surface area contributed by atoms with Crippen molar-refractivity contribution in [2.45, 2.75) is 115 Å². The topological polar surface area (TPSA) is 360 Å². The Hall–Kier alpha value is -9.20. The molecule has 0 saturated carbocycles. The number of carboxylic acids is 1. The average molecular weight is 1130 g/mol. The van der Waals surface area contributed by atoms with Crippen molar-refractivity contribution in [1.82, 2.24) is 51.7 Å². The van der Waals surface area contributed by atoms with Crippen molar-refractivity contribution >= 4 is 76.0 Å². The van der Waals surface area contributed by atoms with E-state index in [4.69, 9.17) is 9.72 Å². The Morgan fingerprint density at radius 3 is 2.10 bits per heavy atom. The highest BCUT2D eigenvalue weighted by molar-refractivity contribution is 6.12. The third-order valence-electron chi connectivity index (χ3n) is 14.9. The summed E-state index contributed by atoms with van der Waals surface area (Å²) >= 11 is 0. The number of ether oxygens (including phenoxy) is 1. The largest absolute Gasteiger partial charge is 0.481 e. The average Bonchev–Trinajstić information content (AvgIpc) is 1.75. The van der Waals surface area contributed by atoms with Gasteiger partial charge in [-0.3, -0.25) is 57.6 Å². The van der Waals surface area contributed by atoms with Crippen molar-refractivity contribution in [3.8, 4) is 11.4 Å². The Kier molecular flexibility index (Phi) is 18.3. The number of nitrogens with one attached hydrogen (secondary N) is 7. The number of aliphatic hydroxyl groups is 1. The number of aliphatic carboxylic acids is 1. The Morgan fingerprint density at radius 2 is 1.43 bits per heavy atom. The first-order valence-corrected chi connectivity index (χ1v) is 26.7. The fourth-order valence-corrected chi connectivity index (χ4v) is 10.5. The monoisotopic (exact) mass is 1130 g/mol. The number of aryl methyl sites for hydroxylation is 1. The van der Waals surface area contributed by atoms with Gasteiger partial charge >= 0.3 is 11.9 Å². The summed E-state index contributed by atoms with van der Waals surface area (Å²) in [7, 11) is 0. The van der Waals surface area contributed by atoms with Crippen LogP contribution in [0.4, 0.5) is 4.39 Å². The third-order valence-corrected chi connectivity index (χ3v) is 14.9. The van der Waals surface area contributed by atoms with E-state index in [0.29, 0.717) is 52.5 Å². The predicted octanol–water partition coefficient (Wildman–Crippen LogP) is -0.342. The van der Waals surface area contributed by atoms with Crippen LogP contribution in [0.25, 0.3) is 22.3 Å². The number of fused-ring (bicyclic) bond motifs is 5. The SMILES string of the molecule is CC[C@@]1(O)C(=O)OCc2c1cc1n(c2=O)Cc2c-1nc1cc(F)c(C)c3c1c2[C@@H](NC(=O)[C@H](CCC(=O)O)NC(=O)CNC(=O)CNC(=O)[C@H](Cc1ccccc1)NC(=O)CNC(=O)CNC(=O)CCCCCN1C(=O)C=CC1=O)CC3. The first-order valence-electron chi connectivity index (χ1n) is 26.7. The maximum atomic E-state index is 15.5. The van der Waals surface area contributed by atoms with Gasteiger partial charge in [0.2, 0.25) is 41.4 Å². The van der Waals surface area contributed by atoms with Crippen molar-refractivity contribution in [3.05, 3.63) is 110 Å². The molecule has 0 bridgehead atoms. The smallest absolute Gasteiger partial charge is 0.343 e. The number of nitrogens with zero attached hydrogens (tertiary/aromatic N) is 3. The number of rotatable bonds is 25. The van der Waals surface area contributed by atoms with E-state index in [-0.39, 0.29) is 98.1 Å². The molecule has 0 radical (unpaired) electrons. The molecule has 9 N–H and O–H groups in total. The molecule has 9 amide bonds.